The number of hydrogen-bond acceptors (Lipinski definition) is 5. The maximum absolute atomic E-state index is 12.4. The Morgan fingerprint density at radius 2 is 2.21 bits per heavy atom. The molecule has 0 bridgehead atoms. The number of fused-ring (bicyclic) bond motifs is 1. The summed E-state index contributed by atoms with van der Waals surface area (Å²) >= 11 is 0. The fourth-order valence-corrected chi connectivity index (χ4v) is 2.32. The van der Waals surface area contributed by atoms with Crippen molar-refractivity contribution in [3.8, 4) is 5.75 Å². The minimum Gasteiger partial charge on any atom is -0.425 e. The number of unbranched alkanes of at least 4 members (excludes halogenated alkanes) is 1. The van der Waals surface area contributed by atoms with Gasteiger partial charge in [-0.15, -0.1) is 0 Å². The Labute approximate surface area is 148 Å². The number of hydrogen-bond donors (Lipinski definition) is 3. The maximum atomic E-state index is 12.4. The number of carbonyl (C=O) groups excluding carboxylic acids is 1. The molecule has 5 N–H and O–H groups in total. The number of esters is 1. The van der Waals surface area contributed by atoms with Crippen molar-refractivity contribution in [2.75, 3.05) is 27.1 Å². The Kier molecular flexibility index (Phi) is 4.93. The maximum Gasteiger partial charge on any atom is 0.328 e. The molecule has 2 rings (SSSR count). The molecule has 0 radical (unpaired) electrons. The summed E-state index contributed by atoms with van der Waals surface area (Å²) in [5.41, 5.74) is 12.0. The second-order valence-corrected chi connectivity index (χ2v) is 5.82. The van der Waals surface area contributed by atoms with E-state index in [4.69, 9.17) is 21.7 Å². The van der Waals surface area contributed by atoms with Gasteiger partial charge in [-0.1, -0.05) is 12.5 Å². The Morgan fingerprint density at radius 3 is 2.92 bits per heavy atom. The number of H-pyrrole nitrogens is 1. The van der Waals surface area contributed by atoms with E-state index < -0.39 is 24.9 Å². The first-order valence-corrected chi connectivity index (χ1v) is 7.99. The molecule has 1 aromatic carbocycles. The summed E-state index contributed by atoms with van der Waals surface area (Å²) in [6.07, 6.45) is 0.942. The second kappa shape index (κ2) is 8.82. The van der Waals surface area contributed by atoms with Gasteiger partial charge in [0, 0.05) is 29.1 Å². The third kappa shape index (κ3) is 4.80. The predicted octanol–water partition coefficient (Wildman–Crippen LogP) is 1.63. The van der Waals surface area contributed by atoms with E-state index in [-0.39, 0.29) is 11.3 Å². The molecule has 1 atom stereocenters. The molecule has 0 fully saturated rings. The molecule has 1 aromatic heterocycles. The topological polar surface area (TPSA) is 97.4 Å². The van der Waals surface area contributed by atoms with Crippen molar-refractivity contribution in [3.63, 3.8) is 0 Å². The molecular weight excluding hydrogens is 304 g/mol. The van der Waals surface area contributed by atoms with Crippen LogP contribution in [0.3, 0.4) is 0 Å². The Hall–Kier alpha value is -1.89. The third-order valence-corrected chi connectivity index (χ3v) is 3.56. The summed E-state index contributed by atoms with van der Waals surface area (Å²) in [6.45, 7) is -1.77. The Bertz CT molecular complexity index is 823. The van der Waals surface area contributed by atoms with Gasteiger partial charge in [0.1, 0.15) is 11.8 Å². The van der Waals surface area contributed by atoms with Crippen molar-refractivity contribution in [3.05, 3.63) is 30.0 Å². The monoisotopic (exact) mass is 336 g/mol. The number of aryl methyl sites for hydroxylation is 1. The van der Waals surface area contributed by atoms with Gasteiger partial charge in [0.15, 0.2) is 0 Å². The van der Waals surface area contributed by atoms with Crippen LogP contribution >= 0.6 is 0 Å². The average Bonchev–Trinajstić information content (AvgIpc) is 3.07. The number of aromatic amines is 1. The molecule has 6 heteroatoms. The molecule has 0 aliphatic heterocycles. The third-order valence-electron chi connectivity index (χ3n) is 3.56. The van der Waals surface area contributed by atoms with E-state index in [0.717, 1.165) is 6.42 Å². The standard InChI is InChI=1S/C18H28N4O2/c1-22(2)11-9-13-12-21-15-7-5-8-16(17(13)15)24-18(23)14(20)6-3-4-10-19/h5,7-8,12,14,21H,3-4,6,9-11,19-20H2,1-2H3/t14-/m0/s1/i9D2,11D2. The van der Waals surface area contributed by atoms with E-state index >= 15 is 0 Å². The number of aromatic nitrogens is 1. The summed E-state index contributed by atoms with van der Waals surface area (Å²) in [7, 11) is 2.93. The lowest BCUT2D eigenvalue weighted by Crippen LogP contribution is -2.34. The van der Waals surface area contributed by atoms with Gasteiger partial charge in [-0.05, 0) is 57.6 Å². The normalized spacial score (nSPS) is 16.4. The number of carbonyl (C=O) groups is 1. The first-order valence-electron chi connectivity index (χ1n) is 9.99. The SMILES string of the molecule is [2H]C([2H])(c1c[nH]c2cccc(OC(=O)[C@@H](N)CCCCN)c12)C([2H])([2H])N(C)C. The largest absolute Gasteiger partial charge is 0.425 e. The predicted molar refractivity (Wildman–Crippen MR) is 97.1 cm³/mol. The molecule has 0 saturated carbocycles. The van der Waals surface area contributed by atoms with Crippen molar-refractivity contribution >= 4 is 16.9 Å². The van der Waals surface area contributed by atoms with Gasteiger partial charge in [-0.25, -0.2) is 4.79 Å². The quantitative estimate of drug-likeness (QED) is 0.367. The van der Waals surface area contributed by atoms with Crippen molar-refractivity contribution < 1.29 is 15.0 Å². The molecule has 1 heterocycles. The summed E-state index contributed by atoms with van der Waals surface area (Å²) in [6, 6.07) is 4.11. The van der Waals surface area contributed by atoms with Crippen LogP contribution in [0.5, 0.6) is 5.75 Å². The lowest BCUT2D eigenvalue weighted by molar-refractivity contribution is -0.135. The van der Waals surface area contributed by atoms with Crippen LogP contribution in [-0.2, 0) is 11.2 Å². The first kappa shape index (κ1) is 13.4. The number of benzene rings is 1. The Morgan fingerprint density at radius 1 is 1.42 bits per heavy atom. The average molecular weight is 336 g/mol. The molecule has 0 unspecified atom stereocenters. The molecule has 0 spiro atoms. The van der Waals surface area contributed by atoms with Crippen LogP contribution < -0.4 is 16.2 Å². The van der Waals surface area contributed by atoms with Gasteiger partial charge in [0.25, 0.3) is 0 Å². The van der Waals surface area contributed by atoms with E-state index in [0.29, 0.717) is 30.3 Å². The van der Waals surface area contributed by atoms with E-state index in [2.05, 4.69) is 4.98 Å². The minimum absolute atomic E-state index is 0.0707. The van der Waals surface area contributed by atoms with Crippen LogP contribution in [-0.4, -0.2) is 49.0 Å². The van der Waals surface area contributed by atoms with E-state index in [1.54, 1.807) is 18.2 Å². The van der Waals surface area contributed by atoms with Crippen LogP contribution in [0.25, 0.3) is 10.9 Å². The lowest BCUT2D eigenvalue weighted by atomic mass is 10.1. The zero-order chi connectivity index (χ0) is 21.1. The minimum atomic E-state index is -2.37. The zero-order valence-electron chi connectivity index (χ0n) is 18.1. The van der Waals surface area contributed by atoms with Crippen LogP contribution in [0.1, 0.15) is 30.3 Å². The van der Waals surface area contributed by atoms with Gasteiger partial charge < -0.3 is 26.1 Å². The molecule has 132 valence electrons. The Balaban J connectivity index is 2.39. The van der Waals surface area contributed by atoms with E-state index in [9.17, 15) is 4.79 Å². The van der Waals surface area contributed by atoms with Gasteiger partial charge in [-0.2, -0.15) is 0 Å². The summed E-state index contributed by atoms with van der Waals surface area (Å²) in [5, 5.41) is 0.320. The highest BCUT2D eigenvalue weighted by Crippen LogP contribution is 2.29. The summed E-state index contributed by atoms with van der Waals surface area (Å²) < 4.78 is 38.7. The lowest BCUT2D eigenvalue weighted by Gasteiger charge is -2.13. The number of rotatable bonds is 9. The van der Waals surface area contributed by atoms with Gasteiger partial charge in [-0.3, -0.25) is 0 Å². The zero-order valence-corrected chi connectivity index (χ0v) is 14.1. The van der Waals surface area contributed by atoms with Gasteiger partial charge in [0.2, 0.25) is 0 Å². The fraction of sp³-hybridized carbons (Fsp3) is 0.500. The number of nitrogens with one attached hydrogen (secondary N) is 1. The van der Waals surface area contributed by atoms with Gasteiger partial charge in [0.05, 0.1) is 0 Å². The van der Waals surface area contributed by atoms with Crippen LogP contribution in [0.2, 0.25) is 0 Å². The number of likely N-dealkylation sites (N-methyl/N-ethyl adjacent to an activating group) is 1. The molecule has 2 aromatic rings. The second-order valence-electron chi connectivity index (χ2n) is 5.82. The van der Waals surface area contributed by atoms with Crippen LogP contribution in [0.15, 0.2) is 24.4 Å². The highest BCUT2D eigenvalue weighted by molar-refractivity contribution is 5.92. The molecule has 0 aliphatic rings. The first-order chi connectivity index (χ1) is 13.0. The summed E-state index contributed by atoms with van der Waals surface area (Å²) in [4.78, 5) is 16.5. The molecule has 24 heavy (non-hydrogen) atoms. The smallest absolute Gasteiger partial charge is 0.328 e. The van der Waals surface area contributed by atoms with Crippen LogP contribution in [0.4, 0.5) is 0 Å². The van der Waals surface area contributed by atoms with Crippen molar-refractivity contribution in [1.29, 1.82) is 0 Å². The highest BCUT2D eigenvalue weighted by Gasteiger charge is 2.18. The molecular formula is C18H28N4O2. The molecule has 6 nitrogen and oxygen atoms in total. The highest BCUT2D eigenvalue weighted by atomic mass is 16.5. The molecule has 0 saturated heterocycles. The van der Waals surface area contributed by atoms with Crippen LogP contribution in [0, 0.1) is 0 Å². The van der Waals surface area contributed by atoms with Crippen molar-refractivity contribution in [2.45, 2.75) is 31.7 Å². The number of nitrogens with two attached hydrogens (primary N) is 2. The number of ether oxygens (including phenoxy) is 1. The molecule has 0 aliphatic carbocycles. The fourth-order valence-electron chi connectivity index (χ4n) is 2.32. The van der Waals surface area contributed by atoms with Crippen molar-refractivity contribution in [1.82, 2.24) is 9.88 Å². The van der Waals surface area contributed by atoms with Gasteiger partial charge >= 0.3 is 5.97 Å². The summed E-state index contributed by atoms with van der Waals surface area (Å²) in [5.74, 6) is -0.473. The van der Waals surface area contributed by atoms with Crippen molar-refractivity contribution in [2.24, 2.45) is 11.5 Å². The molecule has 0 amide bonds. The van der Waals surface area contributed by atoms with E-state index in [1.807, 2.05) is 0 Å². The van der Waals surface area contributed by atoms with E-state index in [1.165, 1.54) is 25.2 Å². The number of nitrogens with zero attached hydrogens (tertiary/aromatic N) is 1.